The Labute approximate surface area is 186 Å². The van der Waals surface area contributed by atoms with E-state index < -0.39 is 23.1 Å². The number of pyridine rings is 2. The molecule has 0 aliphatic rings. The predicted molar refractivity (Wildman–Crippen MR) is 114 cm³/mol. The fraction of sp³-hybridized carbons (Fsp3) is 0.174. The zero-order valence-electron chi connectivity index (χ0n) is 17.0. The van der Waals surface area contributed by atoms with Gasteiger partial charge in [0.1, 0.15) is 17.2 Å². The Hall–Kier alpha value is -3.26. The van der Waals surface area contributed by atoms with Gasteiger partial charge >= 0.3 is 6.18 Å². The number of nitrogens with zero attached hydrogens (tertiary/aromatic N) is 3. The number of hydrogen-bond donors (Lipinski definition) is 1. The number of benzene rings is 1. The van der Waals surface area contributed by atoms with Gasteiger partial charge in [-0.25, -0.2) is 4.39 Å². The highest BCUT2D eigenvalue weighted by Gasteiger charge is 2.33. The molecule has 0 fully saturated rings. The Morgan fingerprint density at radius 3 is 2.03 bits per heavy atom. The lowest BCUT2D eigenvalue weighted by atomic mass is 9.84. The molecular weight excluding hydrogens is 444 g/mol. The SMILES string of the molecule is CC(C)(c1cccc(-c2cc(C(F)(F)F)[nH]n2)n1)c1cccc(-c2ccc(Cl)cc2F)n1. The summed E-state index contributed by atoms with van der Waals surface area (Å²) in [6, 6.07) is 15.6. The van der Waals surface area contributed by atoms with E-state index in [0.29, 0.717) is 28.3 Å². The number of aromatic nitrogens is 4. The minimum Gasteiger partial charge on any atom is -0.273 e. The van der Waals surface area contributed by atoms with E-state index >= 15 is 0 Å². The van der Waals surface area contributed by atoms with E-state index in [1.165, 1.54) is 6.07 Å². The number of nitrogens with one attached hydrogen (secondary N) is 1. The van der Waals surface area contributed by atoms with Gasteiger partial charge < -0.3 is 0 Å². The van der Waals surface area contributed by atoms with Crippen LogP contribution in [0.3, 0.4) is 0 Å². The van der Waals surface area contributed by atoms with Crippen molar-refractivity contribution < 1.29 is 17.6 Å². The van der Waals surface area contributed by atoms with Crippen LogP contribution < -0.4 is 0 Å². The number of rotatable bonds is 4. The number of H-pyrrole nitrogens is 1. The van der Waals surface area contributed by atoms with E-state index in [4.69, 9.17) is 11.6 Å². The summed E-state index contributed by atoms with van der Waals surface area (Å²) in [7, 11) is 0. The van der Waals surface area contributed by atoms with Crippen molar-refractivity contribution in [1.29, 1.82) is 0 Å². The molecule has 4 rings (SSSR count). The van der Waals surface area contributed by atoms with E-state index in [-0.39, 0.29) is 10.7 Å². The van der Waals surface area contributed by atoms with Gasteiger partial charge in [-0.15, -0.1) is 0 Å². The highest BCUT2D eigenvalue weighted by Crippen LogP contribution is 2.34. The van der Waals surface area contributed by atoms with Gasteiger partial charge in [-0.05, 0) is 62.4 Å². The summed E-state index contributed by atoms with van der Waals surface area (Å²) in [5.74, 6) is -0.487. The molecule has 32 heavy (non-hydrogen) atoms. The van der Waals surface area contributed by atoms with E-state index in [2.05, 4.69) is 15.1 Å². The van der Waals surface area contributed by atoms with Crippen molar-refractivity contribution in [3.05, 3.63) is 88.6 Å². The molecule has 0 amide bonds. The Morgan fingerprint density at radius 1 is 0.812 bits per heavy atom. The zero-order valence-corrected chi connectivity index (χ0v) is 17.8. The summed E-state index contributed by atoms with van der Waals surface area (Å²) >= 11 is 5.84. The number of aromatic amines is 1. The van der Waals surface area contributed by atoms with E-state index in [0.717, 1.165) is 6.07 Å². The fourth-order valence-electron chi connectivity index (χ4n) is 3.28. The summed E-state index contributed by atoms with van der Waals surface area (Å²) in [5, 5.41) is 6.03. The molecule has 1 N–H and O–H groups in total. The van der Waals surface area contributed by atoms with Crippen LogP contribution in [-0.4, -0.2) is 20.2 Å². The van der Waals surface area contributed by atoms with Crippen LogP contribution in [0.2, 0.25) is 5.02 Å². The summed E-state index contributed by atoms with van der Waals surface area (Å²) in [6.45, 7) is 3.77. The van der Waals surface area contributed by atoms with Crippen molar-refractivity contribution in [2.45, 2.75) is 25.4 Å². The lowest BCUT2D eigenvalue weighted by Crippen LogP contribution is -2.22. The molecule has 3 heterocycles. The lowest BCUT2D eigenvalue weighted by Gasteiger charge is -2.24. The van der Waals surface area contributed by atoms with Crippen LogP contribution in [0.5, 0.6) is 0 Å². The third kappa shape index (κ3) is 4.23. The molecule has 4 nitrogen and oxygen atoms in total. The molecule has 0 saturated heterocycles. The number of alkyl halides is 3. The van der Waals surface area contributed by atoms with E-state index in [9.17, 15) is 17.6 Å². The second-order valence-corrected chi connectivity index (χ2v) is 8.17. The third-order valence-corrected chi connectivity index (χ3v) is 5.37. The first-order valence-corrected chi connectivity index (χ1v) is 9.97. The Bertz CT molecular complexity index is 1280. The smallest absolute Gasteiger partial charge is 0.273 e. The molecule has 9 heteroatoms. The number of hydrogen-bond acceptors (Lipinski definition) is 3. The van der Waals surface area contributed by atoms with Gasteiger partial charge in [0.05, 0.1) is 22.8 Å². The number of halogens is 5. The molecule has 4 aromatic rings. The molecule has 0 bridgehead atoms. The largest absolute Gasteiger partial charge is 0.432 e. The summed E-state index contributed by atoms with van der Waals surface area (Å²) in [6.07, 6.45) is -4.52. The first kappa shape index (κ1) is 22.0. The summed E-state index contributed by atoms with van der Waals surface area (Å²) in [5.41, 5.74) is 0.645. The maximum atomic E-state index is 14.4. The molecule has 0 radical (unpaired) electrons. The minimum atomic E-state index is -4.52. The molecule has 0 unspecified atom stereocenters. The van der Waals surface area contributed by atoms with Gasteiger partial charge in [-0.1, -0.05) is 23.7 Å². The second-order valence-electron chi connectivity index (χ2n) is 7.73. The average molecular weight is 461 g/mol. The van der Waals surface area contributed by atoms with Gasteiger partial charge in [-0.2, -0.15) is 18.3 Å². The fourth-order valence-corrected chi connectivity index (χ4v) is 3.44. The maximum Gasteiger partial charge on any atom is 0.432 e. The van der Waals surface area contributed by atoms with Crippen molar-refractivity contribution in [2.24, 2.45) is 0 Å². The molecule has 3 aromatic heterocycles. The Morgan fingerprint density at radius 2 is 1.44 bits per heavy atom. The average Bonchev–Trinajstić information content (AvgIpc) is 3.25. The zero-order chi connectivity index (χ0) is 23.1. The summed E-state index contributed by atoms with van der Waals surface area (Å²) in [4.78, 5) is 9.16. The van der Waals surface area contributed by atoms with Crippen molar-refractivity contribution in [3.63, 3.8) is 0 Å². The first-order chi connectivity index (χ1) is 15.1. The predicted octanol–water partition coefficient (Wildman–Crippen LogP) is 6.67. The van der Waals surface area contributed by atoms with Crippen LogP contribution in [-0.2, 0) is 11.6 Å². The van der Waals surface area contributed by atoms with Gasteiger partial charge in [0, 0.05) is 16.0 Å². The topological polar surface area (TPSA) is 54.5 Å². The van der Waals surface area contributed by atoms with Crippen molar-refractivity contribution in [3.8, 4) is 22.6 Å². The van der Waals surface area contributed by atoms with E-state index in [1.807, 2.05) is 18.9 Å². The van der Waals surface area contributed by atoms with Gasteiger partial charge in [0.15, 0.2) is 0 Å². The highest BCUT2D eigenvalue weighted by molar-refractivity contribution is 6.30. The minimum absolute atomic E-state index is 0.0833. The highest BCUT2D eigenvalue weighted by atomic mass is 35.5. The van der Waals surface area contributed by atoms with Crippen molar-refractivity contribution in [2.75, 3.05) is 0 Å². The molecule has 0 aliphatic carbocycles. The Balaban J connectivity index is 1.71. The van der Waals surface area contributed by atoms with Crippen molar-refractivity contribution in [1.82, 2.24) is 20.2 Å². The molecular formula is C23H17ClF4N4. The monoisotopic (exact) mass is 460 g/mol. The van der Waals surface area contributed by atoms with Crippen LogP contribution >= 0.6 is 11.6 Å². The van der Waals surface area contributed by atoms with Crippen LogP contribution in [0.15, 0.2) is 60.7 Å². The molecule has 0 saturated carbocycles. The lowest BCUT2D eigenvalue weighted by molar-refractivity contribution is -0.141. The van der Waals surface area contributed by atoms with Crippen LogP contribution in [0, 0.1) is 5.82 Å². The molecule has 0 aliphatic heterocycles. The molecule has 0 atom stereocenters. The van der Waals surface area contributed by atoms with Gasteiger partial charge in [0.2, 0.25) is 0 Å². The van der Waals surface area contributed by atoms with Gasteiger partial charge in [-0.3, -0.25) is 15.1 Å². The Kier molecular flexibility index (Phi) is 5.50. The summed E-state index contributed by atoms with van der Waals surface area (Å²) < 4.78 is 53.1. The van der Waals surface area contributed by atoms with Crippen molar-refractivity contribution >= 4 is 11.6 Å². The van der Waals surface area contributed by atoms with Crippen LogP contribution in [0.1, 0.15) is 30.9 Å². The first-order valence-electron chi connectivity index (χ1n) is 9.59. The third-order valence-electron chi connectivity index (χ3n) is 5.13. The quantitative estimate of drug-likeness (QED) is 0.346. The van der Waals surface area contributed by atoms with Crippen LogP contribution in [0.4, 0.5) is 17.6 Å². The maximum absolute atomic E-state index is 14.4. The standard InChI is InChI=1S/C23H17ClF4N4/c1-22(2,19-7-3-5-16(29-19)14-10-9-13(24)11-15(14)25)20-8-4-6-17(30-20)18-12-21(32-31-18)23(26,27)28/h3-12H,1-2H3,(H,31,32). The molecule has 0 spiro atoms. The van der Waals surface area contributed by atoms with E-state index in [1.54, 1.807) is 48.5 Å². The van der Waals surface area contributed by atoms with Gasteiger partial charge in [0.25, 0.3) is 0 Å². The molecule has 164 valence electrons. The normalized spacial score (nSPS) is 12.2. The van der Waals surface area contributed by atoms with Crippen LogP contribution in [0.25, 0.3) is 22.6 Å². The second kappa shape index (κ2) is 8.02. The molecule has 1 aromatic carbocycles.